The van der Waals surface area contributed by atoms with Crippen molar-refractivity contribution >= 4 is 33.5 Å². The highest BCUT2D eigenvalue weighted by molar-refractivity contribution is 6.30. The normalized spacial score (nSPS) is 11.3. The summed E-state index contributed by atoms with van der Waals surface area (Å²) in [5.74, 6) is 0.726. The van der Waals surface area contributed by atoms with Crippen LogP contribution in [-0.4, -0.2) is 4.98 Å². The molecule has 0 saturated heterocycles. The van der Waals surface area contributed by atoms with E-state index >= 15 is 0 Å². The van der Waals surface area contributed by atoms with Crippen LogP contribution in [-0.2, 0) is 6.42 Å². The largest absolute Gasteiger partial charge is 0.440 e. The van der Waals surface area contributed by atoms with E-state index in [2.05, 4.69) is 23.2 Å². The lowest BCUT2D eigenvalue weighted by molar-refractivity contribution is 0.544. The SMILES string of the molecule is Clc1ccc(Cc2nc3c(ccc4ccccc43)o2)cc1. The predicted molar refractivity (Wildman–Crippen MR) is 85.8 cm³/mol. The molecule has 102 valence electrons. The van der Waals surface area contributed by atoms with Crippen molar-refractivity contribution in [1.29, 1.82) is 0 Å². The van der Waals surface area contributed by atoms with Crippen LogP contribution in [0.2, 0.25) is 5.02 Å². The van der Waals surface area contributed by atoms with E-state index in [1.165, 1.54) is 5.39 Å². The Balaban J connectivity index is 1.79. The van der Waals surface area contributed by atoms with Gasteiger partial charge in [-0.2, -0.15) is 0 Å². The second kappa shape index (κ2) is 4.90. The van der Waals surface area contributed by atoms with Gasteiger partial charge in [0, 0.05) is 16.8 Å². The summed E-state index contributed by atoms with van der Waals surface area (Å²) in [4.78, 5) is 4.66. The zero-order valence-corrected chi connectivity index (χ0v) is 12.0. The van der Waals surface area contributed by atoms with Crippen molar-refractivity contribution in [2.75, 3.05) is 0 Å². The lowest BCUT2D eigenvalue weighted by atomic mass is 10.1. The van der Waals surface area contributed by atoms with Crippen LogP contribution in [0.25, 0.3) is 21.9 Å². The minimum Gasteiger partial charge on any atom is -0.440 e. The highest BCUT2D eigenvalue weighted by atomic mass is 35.5. The van der Waals surface area contributed by atoms with Gasteiger partial charge in [0.15, 0.2) is 11.5 Å². The molecule has 1 aromatic heterocycles. The van der Waals surface area contributed by atoms with Gasteiger partial charge in [-0.1, -0.05) is 54.1 Å². The summed E-state index contributed by atoms with van der Waals surface area (Å²) in [5.41, 5.74) is 2.89. The van der Waals surface area contributed by atoms with E-state index in [1.54, 1.807) is 0 Å². The third-order valence-electron chi connectivity index (χ3n) is 3.60. The molecule has 1 heterocycles. The number of oxazole rings is 1. The molecule has 3 aromatic carbocycles. The first-order valence-corrected chi connectivity index (χ1v) is 7.19. The molecule has 0 fully saturated rings. The van der Waals surface area contributed by atoms with Crippen molar-refractivity contribution in [2.45, 2.75) is 6.42 Å². The van der Waals surface area contributed by atoms with Crippen LogP contribution in [0.3, 0.4) is 0 Å². The first kappa shape index (κ1) is 12.4. The predicted octanol–water partition coefficient (Wildman–Crippen LogP) is 5.23. The summed E-state index contributed by atoms with van der Waals surface area (Å²) in [6.45, 7) is 0. The second-order valence-electron chi connectivity index (χ2n) is 5.04. The summed E-state index contributed by atoms with van der Waals surface area (Å²) < 4.78 is 5.87. The number of fused-ring (bicyclic) bond motifs is 3. The van der Waals surface area contributed by atoms with Gasteiger partial charge in [-0.3, -0.25) is 0 Å². The zero-order valence-electron chi connectivity index (χ0n) is 11.2. The van der Waals surface area contributed by atoms with Crippen LogP contribution >= 0.6 is 11.6 Å². The van der Waals surface area contributed by atoms with Gasteiger partial charge in [-0.25, -0.2) is 4.98 Å². The maximum Gasteiger partial charge on any atom is 0.199 e. The lowest BCUT2D eigenvalue weighted by Crippen LogP contribution is -1.87. The van der Waals surface area contributed by atoms with Gasteiger partial charge >= 0.3 is 0 Å². The standard InChI is InChI=1S/C18H12ClNO/c19-14-8-5-12(6-9-14)11-17-20-18-15-4-2-1-3-13(15)7-10-16(18)21-17/h1-10H,11H2. The Morgan fingerprint density at radius 3 is 2.57 bits per heavy atom. The Bertz CT molecular complexity index is 925. The summed E-state index contributed by atoms with van der Waals surface area (Å²) in [5, 5.41) is 3.04. The fourth-order valence-corrected chi connectivity index (χ4v) is 2.69. The van der Waals surface area contributed by atoms with Crippen LogP contribution in [0.1, 0.15) is 11.5 Å². The number of rotatable bonds is 2. The van der Waals surface area contributed by atoms with E-state index < -0.39 is 0 Å². The zero-order chi connectivity index (χ0) is 14.2. The third kappa shape index (κ3) is 2.28. The van der Waals surface area contributed by atoms with Gasteiger partial charge in [0.05, 0.1) is 0 Å². The molecule has 0 unspecified atom stereocenters. The minimum absolute atomic E-state index is 0.667. The smallest absolute Gasteiger partial charge is 0.199 e. The quantitative estimate of drug-likeness (QED) is 0.506. The monoisotopic (exact) mass is 293 g/mol. The van der Waals surface area contributed by atoms with Crippen LogP contribution in [0.4, 0.5) is 0 Å². The Labute approximate surface area is 127 Å². The Morgan fingerprint density at radius 1 is 0.905 bits per heavy atom. The first-order chi connectivity index (χ1) is 10.3. The molecule has 4 aromatic rings. The van der Waals surface area contributed by atoms with E-state index in [9.17, 15) is 0 Å². The van der Waals surface area contributed by atoms with Crippen LogP contribution in [0.15, 0.2) is 65.1 Å². The molecule has 0 aliphatic carbocycles. The lowest BCUT2D eigenvalue weighted by Gasteiger charge is -1.96. The number of benzene rings is 3. The highest BCUT2D eigenvalue weighted by Crippen LogP contribution is 2.26. The summed E-state index contributed by atoms with van der Waals surface area (Å²) in [7, 11) is 0. The fraction of sp³-hybridized carbons (Fsp3) is 0.0556. The number of halogens is 1. The van der Waals surface area contributed by atoms with Gasteiger partial charge in [-0.05, 0) is 29.1 Å². The molecule has 0 spiro atoms. The molecule has 0 saturated carbocycles. The van der Waals surface area contributed by atoms with Gasteiger partial charge in [-0.15, -0.1) is 0 Å². The van der Waals surface area contributed by atoms with Gasteiger partial charge in [0.1, 0.15) is 5.52 Å². The van der Waals surface area contributed by atoms with E-state index in [0.717, 1.165) is 33.0 Å². The van der Waals surface area contributed by atoms with E-state index in [-0.39, 0.29) is 0 Å². The maximum atomic E-state index is 5.91. The molecule has 0 N–H and O–H groups in total. The van der Waals surface area contributed by atoms with Crippen molar-refractivity contribution in [3.05, 3.63) is 77.1 Å². The summed E-state index contributed by atoms with van der Waals surface area (Å²) >= 11 is 5.91. The first-order valence-electron chi connectivity index (χ1n) is 6.81. The Kier molecular flexibility index (Phi) is 2.90. The molecule has 0 radical (unpaired) electrons. The van der Waals surface area contributed by atoms with Crippen molar-refractivity contribution in [1.82, 2.24) is 4.98 Å². The fourth-order valence-electron chi connectivity index (χ4n) is 2.56. The average Bonchev–Trinajstić information content (AvgIpc) is 2.92. The summed E-state index contributed by atoms with van der Waals surface area (Å²) in [6, 6.07) is 20.0. The van der Waals surface area contributed by atoms with Crippen LogP contribution in [0, 0.1) is 0 Å². The second-order valence-corrected chi connectivity index (χ2v) is 5.48. The van der Waals surface area contributed by atoms with Crippen molar-refractivity contribution in [2.24, 2.45) is 0 Å². The molecular weight excluding hydrogens is 282 g/mol. The highest BCUT2D eigenvalue weighted by Gasteiger charge is 2.09. The molecule has 21 heavy (non-hydrogen) atoms. The van der Waals surface area contributed by atoms with E-state index in [1.807, 2.05) is 42.5 Å². The molecule has 4 rings (SSSR count). The molecule has 0 amide bonds. The number of nitrogens with zero attached hydrogens (tertiary/aromatic N) is 1. The van der Waals surface area contributed by atoms with Gasteiger partial charge < -0.3 is 4.42 Å². The van der Waals surface area contributed by atoms with Crippen LogP contribution in [0.5, 0.6) is 0 Å². The number of hydrogen-bond acceptors (Lipinski definition) is 2. The molecule has 2 nitrogen and oxygen atoms in total. The van der Waals surface area contributed by atoms with Crippen molar-refractivity contribution < 1.29 is 4.42 Å². The van der Waals surface area contributed by atoms with E-state index in [4.69, 9.17) is 16.0 Å². The van der Waals surface area contributed by atoms with Gasteiger partial charge in [0.2, 0.25) is 0 Å². The van der Waals surface area contributed by atoms with Crippen molar-refractivity contribution in [3.8, 4) is 0 Å². The molecule has 0 aliphatic rings. The summed E-state index contributed by atoms with van der Waals surface area (Å²) in [6.07, 6.45) is 0.667. The van der Waals surface area contributed by atoms with Gasteiger partial charge in [0.25, 0.3) is 0 Å². The number of aromatic nitrogens is 1. The maximum absolute atomic E-state index is 5.91. The molecular formula is C18H12ClNO. The minimum atomic E-state index is 0.667. The van der Waals surface area contributed by atoms with Crippen molar-refractivity contribution in [3.63, 3.8) is 0 Å². The average molecular weight is 294 g/mol. The Morgan fingerprint density at radius 2 is 1.71 bits per heavy atom. The molecule has 0 aliphatic heterocycles. The number of hydrogen-bond donors (Lipinski definition) is 0. The molecule has 0 atom stereocenters. The van der Waals surface area contributed by atoms with Crippen LogP contribution < -0.4 is 0 Å². The van der Waals surface area contributed by atoms with E-state index in [0.29, 0.717) is 6.42 Å². The third-order valence-corrected chi connectivity index (χ3v) is 3.85. The topological polar surface area (TPSA) is 26.0 Å². The molecule has 0 bridgehead atoms. The Hall–Kier alpha value is -2.32. The molecule has 3 heteroatoms.